The van der Waals surface area contributed by atoms with E-state index in [-0.39, 0.29) is 12.6 Å². The fourth-order valence-electron chi connectivity index (χ4n) is 1.46. The van der Waals surface area contributed by atoms with Crippen molar-refractivity contribution in [1.82, 2.24) is 9.97 Å². The van der Waals surface area contributed by atoms with Crippen molar-refractivity contribution >= 4 is 11.6 Å². The minimum absolute atomic E-state index is 0.0987. The lowest BCUT2D eigenvalue weighted by atomic mass is 10.2. The quantitative estimate of drug-likeness (QED) is 0.760. The first kappa shape index (κ1) is 11.7. The number of anilines is 2. The summed E-state index contributed by atoms with van der Waals surface area (Å²) in [7, 11) is 0. The summed E-state index contributed by atoms with van der Waals surface area (Å²) in [5.74, 6) is 1.29. The van der Waals surface area contributed by atoms with E-state index in [4.69, 9.17) is 10.8 Å². The van der Waals surface area contributed by atoms with Gasteiger partial charge in [0.1, 0.15) is 18.0 Å². The second kappa shape index (κ2) is 4.93. The number of rotatable bonds is 4. The Kier molecular flexibility index (Phi) is 3.85. The van der Waals surface area contributed by atoms with Crippen LogP contribution in [0, 0.1) is 6.92 Å². The van der Waals surface area contributed by atoms with Crippen molar-refractivity contribution in [3.63, 3.8) is 0 Å². The fraction of sp³-hybridized carbons (Fsp3) is 0.600. The van der Waals surface area contributed by atoms with Crippen LogP contribution in [0.15, 0.2) is 6.33 Å². The van der Waals surface area contributed by atoms with Gasteiger partial charge in [0, 0.05) is 18.2 Å². The molecule has 0 spiro atoms. The van der Waals surface area contributed by atoms with Gasteiger partial charge in [0.25, 0.3) is 0 Å². The van der Waals surface area contributed by atoms with Gasteiger partial charge in [-0.15, -0.1) is 0 Å². The van der Waals surface area contributed by atoms with E-state index in [0.717, 1.165) is 11.4 Å². The normalized spacial score (nSPS) is 10.7. The summed E-state index contributed by atoms with van der Waals surface area (Å²) in [4.78, 5) is 10.1. The van der Waals surface area contributed by atoms with Crippen molar-refractivity contribution in [2.75, 3.05) is 23.8 Å². The number of hydrogen-bond acceptors (Lipinski definition) is 5. The number of aliphatic hydroxyl groups excluding tert-OH is 1. The molecule has 0 aliphatic rings. The molecule has 15 heavy (non-hydrogen) atoms. The number of hydrogen-bond donors (Lipinski definition) is 2. The van der Waals surface area contributed by atoms with Crippen molar-refractivity contribution in [1.29, 1.82) is 0 Å². The molecule has 0 saturated heterocycles. The van der Waals surface area contributed by atoms with Crippen LogP contribution in [-0.2, 0) is 0 Å². The zero-order chi connectivity index (χ0) is 11.4. The van der Waals surface area contributed by atoms with Crippen molar-refractivity contribution in [2.24, 2.45) is 0 Å². The third kappa shape index (κ3) is 2.56. The summed E-state index contributed by atoms with van der Waals surface area (Å²) in [6, 6.07) is 0.269. The van der Waals surface area contributed by atoms with E-state index in [0.29, 0.717) is 12.4 Å². The minimum atomic E-state index is 0.0987. The maximum atomic E-state index is 8.99. The molecule has 0 aliphatic heterocycles. The molecular weight excluding hydrogens is 192 g/mol. The lowest BCUT2D eigenvalue weighted by molar-refractivity contribution is 0.298. The molecule has 1 aromatic heterocycles. The largest absolute Gasteiger partial charge is 0.395 e. The summed E-state index contributed by atoms with van der Waals surface area (Å²) in [5, 5.41) is 8.99. The van der Waals surface area contributed by atoms with E-state index in [2.05, 4.69) is 9.97 Å². The monoisotopic (exact) mass is 210 g/mol. The van der Waals surface area contributed by atoms with Crippen LogP contribution >= 0.6 is 0 Å². The second-order valence-electron chi connectivity index (χ2n) is 3.72. The second-order valence-corrected chi connectivity index (χ2v) is 3.72. The van der Waals surface area contributed by atoms with Crippen LogP contribution in [-0.4, -0.2) is 34.3 Å². The number of aromatic nitrogens is 2. The average molecular weight is 210 g/mol. The Morgan fingerprint density at radius 1 is 1.47 bits per heavy atom. The van der Waals surface area contributed by atoms with E-state index in [9.17, 15) is 0 Å². The first-order chi connectivity index (χ1) is 7.07. The Balaban J connectivity index is 3.05. The van der Waals surface area contributed by atoms with E-state index >= 15 is 0 Å². The van der Waals surface area contributed by atoms with Gasteiger partial charge in [0.05, 0.1) is 6.61 Å². The molecule has 5 heteroatoms. The topological polar surface area (TPSA) is 75.3 Å². The average Bonchev–Trinajstić information content (AvgIpc) is 2.19. The Labute approximate surface area is 90.0 Å². The van der Waals surface area contributed by atoms with Gasteiger partial charge in [-0.05, 0) is 20.8 Å². The van der Waals surface area contributed by atoms with Crippen LogP contribution in [0.3, 0.4) is 0 Å². The maximum Gasteiger partial charge on any atom is 0.137 e. The van der Waals surface area contributed by atoms with E-state index in [1.807, 2.05) is 25.7 Å². The third-order valence-electron chi connectivity index (χ3n) is 2.33. The highest BCUT2D eigenvalue weighted by molar-refractivity contribution is 5.56. The Morgan fingerprint density at radius 2 is 2.13 bits per heavy atom. The third-order valence-corrected chi connectivity index (χ3v) is 2.33. The molecule has 1 rings (SSSR count). The molecule has 84 valence electrons. The predicted molar refractivity (Wildman–Crippen MR) is 60.7 cm³/mol. The summed E-state index contributed by atoms with van der Waals surface area (Å²) < 4.78 is 0. The molecule has 1 aromatic rings. The summed E-state index contributed by atoms with van der Waals surface area (Å²) in [6.07, 6.45) is 1.45. The van der Waals surface area contributed by atoms with Crippen molar-refractivity contribution in [3.8, 4) is 0 Å². The molecule has 0 atom stereocenters. The van der Waals surface area contributed by atoms with Crippen LogP contribution in [0.4, 0.5) is 11.6 Å². The van der Waals surface area contributed by atoms with Gasteiger partial charge in [-0.3, -0.25) is 0 Å². The van der Waals surface area contributed by atoms with Gasteiger partial charge >= 0.3 is 0 Å². The fourth-order valence-corrected chi connectivity index (χ4v) is 1.46. The molecule has 0 bridgehead atoms. The number of aliphatic hydroxyl groups is 1. The van der Waals surface area contributed by atoms with Crippen LogP contribution in [0.5, 0.6) is 0 Å². The number of nitrogens with two attached hydrogens (primary N) is 1. The highest BCUT2D eigenvalue weighted by Gasteiger charge is 2.15. The van der Waals surface area contributed by atoms with Crippen molar-refractivity contribution in [3.05, 3.63) is 11.9 Å². The van der Waals surface area contributed by atoms with Gasteiger partial charge in [0.2, 0.25) is 0 Å². The molecule has 0 amide bonds. The number of nitrogen functional groups attached to an aromatic ring is 1. The maximum absolute atomic E-state index is 8.99. The van der Waals surface area contributed by atoms with Gasteiger partial charge < -0.3 is 15.7 Å². The predicted octanol–water partition coefficient (Wildman–Crippen LogP) is 0.574. The highest BCUT2D eigenvalue weighted by Crippen LogP contribution is 2.21. The first-order valence-electron chi connectivity index (χ1n) is 5.02. The lowest BCUT2D eigenvalue weighted by Gasteiger charge is -2.28. The van der Waals surface area contributed by atoms with E-state index in [1.165, 1.54) is 6.33 Å². The van der Waals surface area contributed by atoms with Crippen molar-refractivity contribution < 1.29 is 5.11 Å². The smallest absolute Gasteiger partial charge is 0.137 e. The van der Waals surface area contributed by atoms with E-state index < -0.39 is 0 Å². The Bertz CT molecular complexity index is 327. The molecule has 0 radical (unpaired) electrons. The Hall–Kier alpha value is -1.36. The van der Waals surface area contributed by atoms with Gasteiger partial charge in [0.15, 0.2) is 0 Å². The van der Waals surface area contributed by atoms with Gasteiger partial charge in [-0.25, -0.2) is 9.97 Å². The van der Waals surface area contributed by atoms with Crippen LogP contribution in [0.2, 0.25) is 0 Å². The van der Waals surface area contributed by atoms with Crippen LogP contribution in [0.25, 0.3) is 0 Å². The first-order valence-corrected chi connectivity index (χ1v) is 5.02. The van der Waals surface area contributed by atoms with Gasteiger partial charge in [-0.1, -0.05) is 0 Å². The summed E-state index contributed by atoms with van der Waals surface area (Å²) in [6.45, 7) is 6.63. The Morgan fingerprint density at radius 3 is 2.67 bits per heavy atom. The molecular formula is C10H18N4O. The van der Waals surface area contributed by atoms with Crippen LogP contribution in [0.1, 0.15) is 19.4 Å². The molecule has 0 fully saturated rings. The van der Waals surface area contributed by atoms with Crippen molar-refractivity contribution in [2.45, 2.75) is 26.8 Å². The van der Waals surface area contributed by atoms with Crippen LogP contribution < -0.4 is 10.6 Å². The van der Waals surface area contributed by atoms with E-state index in [1.54, 1.807) is 0 Å². The molecule has 0 aliphatic carbocycles. The molecule has 0 aromatic carbocycles. The lowest BCUT2D eigenvalue weighted by Crippen LogP contribution is -2.34. The molecule has 0 unspecified atom stereocenters. The highest BCUT2D eigenvalue weighted by atomic mass is 16.3. The zero-order valence-corrected chi connectivity index (χ0v) is 9.44. The number of nitrogens with zero attached hydrogens (tertiary/aromatic N) is 3. The SMILES string of the molecule is Cc1c(N)ncnc1N(CCO)C(C)C. The summed E-state index contributed by atoms with van der Waals surface area (Å²) in [5.41, 5.74) is 6.58. The standard InChI is InChI=1S/C10H18N4O/c1-7(2)14(4-5-15)10-8(3)9(11)12-6-13-10/h6-7,15H,4-5H2,1-3H3,(H2,11,12,13). The molecule has 1 heterocycles. The summed E-state index contributed by atoms with van der Waals surface area (Å²) >= 11 is 0. The molecule has 0 saturated carbocycles. The van der Waals surface area contributed by atoms with Gasteiger partial charge in [-0.2, -0.15) is 0 Å². The molecule has 3 N–H and O–H groups in total. The zero-order valence-electron chi connectivity index (χ0n) is 9.44. The minimum Gasteiger partial charge on any atom is -0.395 e. The molecule has 5 nitrogen and oxygen atoms in total.